The van der Waals surface area contributed by atoms with E-state index in [1.165, 1.54) is 32.1 Å². The van der Waals surface area contributed by atoms with Gasteiger partial charge in [-0.1, -0.05) is 25.0 Å². The molecule has 0 spiro atoms. The van der Waals surface area contributed by atoms with Gasteiger partial charge in [-0.25, -0.2) is 0 Å². The lowest BCUT2D eigenvalue weighted by Gasteiger charge is -2.22. The molecule has 0 radical (unpaired) electrons. The first-order valence-corrected chi connectivity index (χ1v) is 7.02. The topological polar surface area (TPSA) is 41.5 Å². The summed E-state index contributed by atoms with van der Waals surface area (Å²) in [6, 6.07) is 0.543. The van der Waals surface area contributed by atoms with E-state index < -0.39 is 0 Å². The van der Waals surface area contributed by atoms with Crippen molar-refractivity contribution in [1.29, 1.82) is 0 Å². The zero-order valence-corrected chi connectivity index (χ0v) is 10.6. The molecule has 1 saturated carbocycles. The van der Waals surface area contributed by atoms with E-state index in [0.717, 1.165) is 12.8 Å². The van der Waals surface area contributed by atoms with E-state index in [-0.39, 0.29) is 6.10 Å². The summed E-state index contributed by atoms with van der Waals surface area (Å²) >= 11 is 0. The Morgan fingerprint density at radius 2 is 2.06 bits per heavy atom. The Kier molecular flexibility index (Phi) is 5.49. The summed E-state index contributed by atoms with van der Waals surface area (Å²) in [5.41, 5.74) is 0. The van der Waals surface area contributed by atoms with E-state index in [9.17, 15) is 5.11 Å². The third kappa shape index (κ3) is 4.78. The minimum Gasteiger partial charge on any atom is -0.389 e. The number of ether oxygens (including phenoxy) is 1. The molecule has 2 N–H and O–H groups in total. The molecule has 3 nitrogen and oxygen atoms in total. The molecule has 2 aliphatic carbocycles. The lowest BCUT2D eigenvalue weighted by molar-refractivity contribution is -0.00630. The summed E-state index contributed by atoms with van der Waals surface area (Å²) in [6.07, 6.45) is 12.9. The van der Waals surface area contributed by atoms with Gasteiger partial charge in [0, 0.05) is 12.6 Å². The predicted molar refractivity (Wildman–Crippen MR) is 69.0 cm³/mol. The van der Waals surface area contributed by atoms with Crippen LogP contribution >= 0.6 is 0 Å². The Hall–Kier alpha value is -0.380. The molecular formula is C14H25NO2. The Balaban J connectivity index is 1.53. The molecule has 2 aliphatic rings. The number of hydrogen-bond acceptors (Lipinski definition) is 3. The molecule has 2 rings (SSSR count). The second kappa shape index (κ2) is 7.14. The van der Waals surface area contributed by atoms with Crippen LogP contribution in [0.1, 0.15) is 44.9 Å². The molecule has 17 heavy (non-hydrogen) atoms. The van der Waals surface area contributed by atoms with Crippen molar-refractivity contribution in [3.8, 4) is 0 Å². The SMILES string of the molecule is OC(CNC1CC=CCC1)COC1CCCC1. The van der Waals surface area contributed by atoms with Gasteiger partial charge in [-0.2, -0.15) is 0 Å². The maximum Gasteiger partial charge on any atom is 0.0897 e. The van der Waals surface area contributed by atoms with E-state index in [1.54, 1.807) is 0 Å². The number of aliphatic hydroxyl groups excluding tert-OH is 1. The average Bonchev–Trinajstić information content (AvgIpc) is 2.88. The Morgan fingerprint density at radius 3 is 2.76 bits per heavy atom. The summed E-state index contributed by atoms with van der Waals surface area (Å²) in [4.78, 5) is 0. The van der Waals surface area contributed by atoms with Gasteiger partial charge >= 0.3 is 0 Å². The van der Waals surface area contributed by atoms with Crippen LogP contribution < -0.4 is 5.32 Å². The van der Waals surface area contributed by atoms with Crippen molar-refractivity contribution in [2.45, 2.75) is 63.2 Å². The Bertz CT molecular complexity index is 236. The van der Waals surface area contributed by atoms with Crippen LogP contribution in [0.15, 0.2) is 12.2 Å². The maximum atomic E-state index is 9.83. The molecule has 0 heterocycles. The van der Waals surface area contributed by atoms with Crippen molar-refractivity contribution in [3.63, 3.8) is 0 Å². The second-order valence-corrected chi connectivity index (χ2v) is 5.28. The average molecular weight is 239 g/mol. The first-order valence-electron chi connectivity index (χ1n) is 7.02. The summed E-state index contributed by atoms with van der Waals surface area (Å²) < 4.78 is 5.70. The maximum absolute atomic E-state index is 9.83. The predicted octanol–water partition coefficient (Wildman–Crippen LogP) is 2.00. The lowest BCUT2D eigenvalue weighted by atomic mass is 10.0. The number of aliphatic hydroxyl groups is 1. The van der Waals surface area contributed by atoms with Gasteiger partial charge in [0.05, 0.1) is 18.8 Å². The molecule has 0 aromatic carbocycles. The number of allylic oxidation sites excluding steroid dienone is 1. The van der Waals surface area contributed by atoms with E-state index in [4.69, 9.17) is 4.74 Å². The van der Waals surface area contributed by atoms with Crippen molar-refractivity contribution < 1.29 is 9.84 Å². The fraction of sp³-hybridized carbons (Fsp3) is 0.857. The normalized spacial score (nSPS) is 27.5. The van der Waals surface area contributed by atoms with Gasteiger partial charge in [-0.05, 0) is 32.1 Å². The first-order chi connectivity index (χ1) is 8.34. The van der Waals surface area contributed by atoms with Gasteiger partial charge in [-0.3, -0.25) is 0 Å². The highest BCUT2D eigenvalue weighted by Gasteiger charge is 2.17. The largest absolute Gasteiger partial charge is 0.389 e. The minimum absolute atomic E-state index is 0.360. The van der Waals surface area contributed by atoms with Crippen LogP contribution in [0.3, 0.4) is 0 Å². The lowest BCUT2D eigenvalue weighted by Crippen LogP contribution is -2.38. The molecule has 2 atom stereocenters. The quantitative estimate of drug-likeness (QED) is 0.697. The van der Waals surface area contributed by atoms with Gasteiger partial charge in [0.25, 0.3) is 0 Å². The summed E-state index contributed by atoms with van der Waals surface area (Å²) in [5.74, 6) is 0. The fourth-order valence-corrected chi connectivity index (χ4v) is 2.64. The van der Waals surface area contributed by atoms with E-state index >= 15 is 0 Å². The highest BCUT2D eigenvalue weighted by molar-refractivity contribution is 4.93. The molecule has 0 bridgehead atoms. The third-order valence-electron chi connectivity index (χ3n) is 3.74. The monoisotopic (exact) mass is 239 g/mol. The van der Waals surface area contributed by atoms with Crippen LogP contribution in [0.2, 0.25) is 0 Å². The van der Waals surface area contributed by atoms with E-state index in [2.05, 4.69) is 17.5 Å². The van der Waals surface area contributed by atoms with Gasteiger partial charge in [-0.15, -0.1) is 0 Å². The van der Waals surface area contributed by atoms with Gasteiger partial charge in [0.1, 0.15) is 0 Å². The molecule has 0 aromatic heterocycles. The first kappa shape index (κ1) is 13.1. The Morgan fingerprint density at radius 1 is 1.24 bits per heavy atom. The summed E-state index contributed by atoms with van der Waals surface area (Å²) in [6.45, 7) is 1.14. The second-order valence-electron chi connectivity index (χ2n) is 5.28. The minimum atomic E-state index is -0.360. The molecule has 0 aromatic rings. The molecule has 1 fully saturated rings. The molecule has 0 amide bonds. The van der Waals surface area contributed by atoms with Crippen molar-refractivity contribution >= 4 is 0 Å². The highest BCUT2D eigenvalue weighted by atomic mass is 16.5. The molecular weight excluding hydrogens is 214 g/mol. The van der Waals surface area contributed by atoms with Crippen molar-refractivity contribution in [2.75, 3.05) is 13.2 Å². The van der Waals surface area contributed by atoms with Crippen LogP contribution in [0.4, 0.5) is 0 Å². The molecule has 0 aliphatic heterocycles. The highest BCUT2D eigenvalue weighted by Crippen LogP contribution is 2.20. The molecule has 2 unspecified atom stereocenters. The van der Waals surface area contributed by atoms with Crippen LogP contribution in [0.5, 0.6) is 0 Å². The third-order valence-corrected chi connectivity index (χ3v) is 3.74. The van der Waals surface area contributed by atoms with Crippen molar-refractivity contribution in [1.82, 2.24) is 5.32 Å². The van der Waals surface area contributed by atoms with Crippen molar-refractivity contribution in [3.05, 3.63) is 12.2 Å². The zero-order valence-electron chi connectivity index (χ0n) is 10.6. The van der Waals surface area contributed by atoms with Crippen LogP contribution in [-0.4, -0.2) is 36.5 Å². The summed E-state index contributed by atoms with van der Waals surface area (Å²) in [7, 11) is 0. The van der Waals surface area contributed by atoms with Crippen molar-refractivity contribution in [2.24, 2.45) is 0 Å². The van der Waals surface area contributed by atoms with Crippen LogP contribution in [0.25, 0.3) is 0 Å². The zero-order chi connectivity index (χ0) is 11.9. The summed E-state index contributed by atoms with van der Waals surface area (Å²) in [5, 5.41) is 13.3. The number of hydrogen-bond donors (Lipinski definition) is 2. The van der Waals surface area contributed by atoms with E-state index in [0.29, 0.717) is 25.3 Å². The van der Waals surface area contributed by atoms with Gasteiger partial charge in [0.2, 0.25) is 0 Å². The van der Waals surface area contributed by atoms with Gasteiger partial charge in [0.15, 0.2) is 0 Å². The number of nitrogens with one attached hydrogen (secondary N) is 1. The molecule has 3 heteroatoms. The molecule has 0 saturated heterocycles. The van der Waals surface area contributed by atoms with E-state index in [1.807, 2.05) is 0 Å². The molecule has 98 valence electrons. The smallest absolute Gasteiger partial charge is 0.0897 e. The Labute approximate surface area is 104 Å². The van der Waals surface area contributed by atoms with Crippen LogP contribution in [-0.2, 0) is 4.74 Å². The van der Waals surface area contributed by atoms with Gasteiger partial charge < -0.3 is 15.2 Å². The number of rotatable bonds is 6. The standard InChI is InChI=1S/C14H25NO2/c16-13(11-17-14-8-4-5-9-14)10-15-12-6-2-1-3-7-12/h1-2,12-16H,3-11H2. The van der Waals surface area contributed by atoms with Crippen LogP contribution in [0, 0.1) is 0 Å². The fourth-order valence-electron chi connectivity index (χ4n) is 2.64.